The van der Waals surface area contributed by atoms with Gasteiger partial charge in [0.15, 0.2) is 0 Å². The molecule has 0 saturated heterocycles. The van der Waals surface area contributed by atoms with Crippen LogP contribution in [0.2, 0.25) is 0 Å². The van der Waals surface area contributed by atoms with Crippen LogP contribution in [0.5, 0.6) is 5.88 Å². The first-order valence-corrected chi connectivity index (χ1v) is 12.7. The van der Waals surface area contributed by atoms with Gasteiger partial charge in [0.25, 0.3) is 0 Å². The molecular formula is C28H37F2N3O3. The molecule has 1 aromatic heterocycles. The lowest BCUT2D eigenvalue weighted by Crippen LogP contribution is -2.52. The smallest absolute Gasteiger partial charge is 0.218 e. The van der Waals surface area contributed by atoms with Gasteiger partial charge >= 0.3 is 0 Å². The molecule has 2 heterocycles. The largest absolute Gasteiger partial charge is 0.471 e. The first kappa shape index (κ1) is 26.5. The molecule has 1 aromatic carbocycles. The van der Waals surface area contributed by atoms with Crippen molar-refractivity contribution >= 4 is 5.91 Å². The van der Waals surface area contributed by atoms with Crippen molar-refractivity contribution in [1.29, 1.82) is 0 Å². The van der Waals surface area contributed by atoms with Crippen LogP contribution < -0.4 is 15.4 Å². The van der Waals surface area contributed by atoms with Crippen molar-refractivity contribution in [3.05, 3.63) is 59.0 Å². The molecule has 36 heavy (non-hydrogen) atoms. The van der Waals surface area contributed by atoms with Crippen LogP contribution in [0.25, 0.3) is 0 Å². The summed E-state index contributed by atoms with van der Waals surface area (Å²) in [5.41, 5.74) is 1.26. The Bertz CT molecular complexity index is 1070. The number of rotatable bonds is 8. The van der Waals surface area contributed by atoms with Gasteiger partial charge in [0, 0.05) is 43.3 Å². The number of fused-ring (bicyclic) bond motifs is 1. The van der Waals surface area contributed by atoms with Gasteiger partial charge in [-0.2, -0.15) is 0 Å². The summed E-state index contributed by atoms with van der Waals surface area (Å²) in [5.74, 6) is -0.0753. The molecule has 4 rings (SSSR count). The predicted molar refractivity (Wildman–Crippen MR) is 134 cm³/mol. The van der Waals surface area contributed by atoms with E-state index in [9.17, 15) is 14.3 Å². The third kappa shape index (κ3) is 6.03. The quantitative estimate of drug-likeness (QED) is 0.488. The number of nitrogens with one attached hydrogen (secondary N) is 2. The van der Waals surface area contributed by atoms with Crippen molar-refractivity contribution in [1.82, 2.24) is 15.6 Å². The Morgan fingerprint density at radius 1 is 1.28 bits per heavy atom. The Morgan fingerprint density at radius 3 is 2.56 bits per heavy atom. The van der Waals surface area contributed by atoms with Crippen LogP contribution >= 0.6 is 0 Å². The third-order valence-electron chi connectivity index (χ3n) is 7.28. The summed E-state index contributed by atoms with van der Waals surface area (Å²) in [6.45, 7) is 7.17. The molecule has 0 radical (unpaired) electrons. The average molecular weight is 502 g/mol. The van der Waals surface area contributed by atoms with Gasteiger partial charge in [0.2, 0.25) is 11.8 Å². The maximum atomic E-state index is 15.1. The second-order valence-electron chi connectivity index (χ2n) is 11.4. The number of aromatic nitrogens is 1. The Labute approximate surface area is 211 Å². The topological polar surface area (TPSA) is 83.5 Å². The maximum absolute atomic E-state index is 15.1. The van der Waals surface area contributed by atoms with Crippen molar-refractivity contribution < 1.29 is 23.4 Å². The Kier molecular flexibility index (Phi) is 7.67. The molecule has 1 fully saturated rings. The SMILES string of the molecule is CC(=O)N[C@@H](Cc1ccc(F)cc1)[C@H](O)CN[C@H]1CC2(CCC2)Oc2ncc(C(F)C(C)(C)C)cc21. The van der Waals surface area contributed by atoms with Crippen LogP contribution in [0, 0.1) is 11.2 Å². The van der Waals surface area contributed by atoms with Crippen LogP contribution in [-0.4, -0.2) is 40.3 Å². The minimum Gasteiger partial charge on any atom is -0.471 e. The number of alkyl halides is 1. The highest BCUT2D eigenvalue weighted by molar-refractivity contribution is 5.73. The van der Waals surface area contributed by atoms with Gasteiger partial charge in [-0.05, 0) is 54.9 Å². The maximum Gasteiger partial charge on any atom is 0.218 e. The molecule has 1 aliphatic heterocycles. The monoisotopic (exact) mass is 501 g/mol. The van der Waals surface area contributed by atoms with Crippen LogP contribution in [0.1, 0.15) is 82.3 Å². The molecule has 4 atom stereocenters. The minimum atomic E-state index is -1.18. The van der Waals surface area contributed by atoms with E-state index in [1.807, 2.05) is 26.8 Å². The number of halogens is 2. The summed E-state index contributed by atoms with van der Waals surface area (Å²) < 4.78 is 34.7. The summed E-state index contributed by atoms with van der Waals surface area (Å²) >= 11 is 0. The van der Waals surface area contributed by atoms with Gasteiger partial charge in [-0.3, -0.25) is 4.79 Å². The van der Waals surface area contributed by atoms with Gasteiger partial charge in [0.1, 0.15) is 17.6 Å². The molecule has 1 saturated carbocycles. The normalized spacial score (nSPS) is 21.0. The summed E-state index contributed by atoms with van der Waals surface area (Å²) in [6.07, 6.45) is 3.50. The summed E-state index contributed by atoms with van der Waals surface area (Å²) in [5, 5.41) is 17.3. The molecule has 1 amide bonds. The number of pyridine rings is 1. The summed E-state index contributed by atoms with van der Waals surface area (Å²) in [4.78, 5) is 16.3. The lowest BCUT2D eigenvalue weighted by atomic mass is 9.73. The zero-order valence-electron chi connectivity index (χ0n) is 21.5. The number of benzene rings is 1. The molecule has 3 N–H and O–H groups in total. The Balaban J connectivity index is 1.52. The van der Waals surface area contributed by atoms with Crippen LogP contribution in [0.3, 0.4) is 0 Å². The van der Waals surface area contributed by atoms with E-state index in [4.69, 9.17) is 4.74 Å². The second kappa shape index (κ2) is 10.4. The number of hydrogen-bond donors (Lipinski definition) is 3. The van der Waals surface area contributed by atoms with Gasteiger partial charge in [-0.1, -0.05) is 32.9 Å². The molecule has 196 valence electrons. The number of aliphatic hydroxyl groups is 1. The highest BCUT2D eigenvalue weighted by Crippen LogP contribution is 2.49. The minimum absolute atomic E-state index is 0.174. The van der Waals surface area contributed by atoms with Crippen molar-refractivity contribution in [2.45, 2.75) is 89.8 Å². The molecule has 8 heteroatoms. The van der Waals surface area contributed by atoms with E-state index in [-0.39, 0.29) is 29.9 Å². The van der Waals surface area contributed by atoms with E-state index in [1.165, 1.54) is 19.1 Å². The van der Waals surface area contributed by atoms with Crippen molar-refractivity contribution in [3.8, 4) is 5.88 Å². The van der Waals surface area contributed by atoms with Crippen molar-refractivity contribution in [2.24, 2.45) is 5.41 Å². The highest BCUT2D eigenvalue weighted by atomic mass is 19.1. The molecule has 0 bridgehead atoms. The summed E-state index contributed by atoms with van der Waals surface area (Å²) in [7, 11) is 0. The molecule has 1 unspecified atom stereocenters. The molecule has 1 aliphatic carbocycles. The van der Waals surface area contributed by atoms with E-state index >= 15 is 4.39 Å². The van der Waals surface area contributed by atoms with E-state index in [0.717, 1.165) is 30.4 Å². The zero-order valence-corrected chi connectivity index (χ0v) is 21.5. The molecule has 1 spiro atoms. The fourth-order valence-electron chi connectivity index (χ4n) is 5.07. The van der Waals surface area contributed by atoms with Crippen molar-refractivity contribution in [3.63, 3.8) is 0 Å². The van der Waals surface area contributed by atoms with Crippen LogP contribution in [0.4, 0.5) is 8.78 Å². The highest BCUT2D eigenvalue weighted by Gasteiger charge is 2.46. The van der Waals surface area contributed by atoms with E-state index < -0.39 is 23.7 Å². The summed E-state index contributed by atoms with van der Waals surface area (Å²) in [6, 6.07) is 7.12. The van der Waals surface area contributed by atoms with Gasteiger partial charge < -0.3 is 20.5 Å². The number of amides is 1. The molecule has 6 nitrogen and oxygen atoms in total. The number of aliphatic hydroxyl groups excluding tert-OH is 1. The van der Waals surface area contributed by atoms with Crippen molar-refractivity contribution in [2.75, 3.05) is 6.54 Å². The number of carbonyl (C=O) groups is 1. The fraction of sp³-hybridized carbons (Fsp3) is 0.571. The zero-order chi connectivity index (χ0) is 26.1. The lowest BCUT2D eigenvalue weighted by molar-refractivity contribution is -0.120. The third-order valence-corrected chi connectivity index (χ3v) is 7.28. The van der Waals surface area contributed by atoms with E-state index in [2.05, 4.69) is 15.6 Å². The van der Waals surface area contributed by atoms with Crippen LogP contribution in [-0.2, 0) is 11.2 Å². The fourth-order valence-corrected chi connectivity index (χ4v) is 5.07. The first-order valence-electron chi connectivity index (χ1n) is 12.7. The van der Waals surface area contributed by atoms with Gasteiger partial charge in [-0.15, -0.1) is 0 Å². The van der Waals surface area contributed by atoms with Crippen LogP contribution in [0.15, 0.2) is 36.5 Å². The number of carbonyl (C=O) groups excluding carboxylic acids is 1. The Morgan fingerprint density at radius 2 is 1.97 bits per heavy atom. The number of ether oxygens (including phenoxy) is 1. The van der Waals surface area contributed by atoms with E-state index in [0.29, 0.717) is 24.3 Å². The van der Waals surface area contributed by atoms with E-state index in [1.54, 1.807) is 18.3 Å². The number of hydrogen-bond acceptors (Lipinski definition) is 5. The molecule has 2 aliphatic rings. The Hall–Kier alpha value is -2.58. The molecule has 2 aromatic rings. The molecular weight excluding hydrogens is 464 g/mol. The lowest BCUT2D eigenvalue weighted by Gasteiger charge is -2.47. The average Bonchev–Trinajstić information content (AvgIpc) is 2.80. The number of nitrogens with zero attached hydrogens (tertiary/aromatic N) is 1. The standard InChI is InChI=1S/C28H37F2N3O3/c1-17(34)33-22(12-18-6-8-20(29)9-7-18)24(35)16-31-23-14-28(10-5-11-28)36-26-21(23)13-19(15-32-26)25(30)27(2,3)4/h6-9,13,15,22-25,31,35H,5,10-12,14,16H2,1-4H3,(H,33,34)/t22-,23-,24+,25?/m0/s1. The second-order valence-corrected chi connectivity index (χ2v) is 11.4. The van der Waals surface area contributed by atoms with Gasteiger partial charge in [-0.25, -0.2) is 13.8 Å². The predicted octanol–water partition coefficient (Wildman–Crippen LogP) is 4.72. The van der Waals surface area contributed by atoms with Gasteiger partial charge in [0.05, 0.1) is 12.1 Å². The first-order chi connectivity index (χ1) is 17.0.